The van der Waals surface area contributed by atoms with Crippen molar-refractivity contribution in [1.82, 2.24) is 0 Å². The summed E-state index contributed by atoms with van der Waals surface area (Å²) in [6.07, 6.45) is 0.793. The fourth-order valence-electron chi connectivity index (χ4n) is 5.83. The number of benzene rings is 3. The number of hydrogen-bond acceptors (Lipinski definition) is 5. The number of aryl methyl sites for hydroxylation is 1. The Hall–Kier alpha value is -4.44. The van der Waals surface area contributed by atoms with E-state index in [2.05, 4.69) is 6.07 Å². The van der Waals surface area contributed by atoms with Gasteiger partial charge in [-0.05, 0) is 78.8 Å². The van der Waals surface area contributed by atoms with Crippen LogP contribution in [0.15, 0.2) is 83.3 Å². The van der Waals surface area contributed by atoms with Crippen molar-refractivity contribution in [3.05, 3.63) is 117 Å². The van der Waals surface area contributed by atoms with Crippen molar-refractivity contribution in [2.45, 2.75) is 53.1 Å². The van der Waals surface area contributed by atoms with Gasteiger partial charge in [0.05, 0.1) is 23.2 Å². The Kier molecular flexibility index (Phi) is 6.97. The second-order valence-corrected chi connectivity index (χ2v) is 11.3. The molecule has 5 rings (SSSR count). The third-order valence-electron chi connectivity index (χ3n) is 7.69. The Balaban J connectivity index is 1.67. The third kappa shape index (κ3) is 4.86. The predicted octanol–water partition coefficient (Wildman–Crippen LogP) is 7.10. The molecule has 0 radical (unpaired) electrons. The number of hydrogen-bond donors (Lipinski definition) is 1. The highest BCUT2D eigenvalue weighted by Gasteiger charge is 2.45. The summed E-state index contributed by atoms with van der Waals surface area (Å²) in [7, 11) is 0. The van der Waals surface area contributed by atoms with Crippen molar-refractivity contribution in [1.29, 1.82) is 5.26 Å². The van der Waals surface area contributed by atoms with E-state index >= 15 is 4.39 Å². The molecule has 2 N–H and O–H groups in total. The number of ether oxygens (including phenoxy) is 1. The Labute approximate surface area is 233 Å². The third-order valence-corrected chi connectivity index (χ3v) is 7.69. The molecule has 1 aliphatic carbocycles. The smallest absolute Gasteiger partial charge is 0.162 e. The molecule has 204 valence electrons. The number of carbonyl (C=O) groups is 1. The van der Waals surface area contributed by atoms with Crippen molar-refractivity contribution in [3.63, 3.8) is 0 Å². The largest absolute Gasteiger partial charge is 0.489 e. The topological polar surface area (TPSA) is 79.3 Å². The summed E-state index contributed by atoms with van der Waals surface area (Å²) >= 11 is 0. The highest BCUT2D eigenvalue weighted by Crippen LogP contribution is 2.51. The van der Waals surface area contributed by atoms with Gasteiger partial charge in [0.15, 0.2) is 5.78 Å². The van der Waals surface area contributed by atoms with Gasteiger partial charge in [-0.2, -0.15) is 5.26 Å². The zero-order valence-electron chi connectivity index (χ0n) is 23.0. The van der Waals surface area contributed by atoms with Crippen molar-refractivity contribution in [3.8, 4) is 11.8 Å². The van der Waals surface area contributed by atoms with Crippen LogP contribution < -0.4 is 15.4 Å². The van der Waals surface area contributed by atoms with Crippen LogP contribution in [0.25, 0.3) is 0 Å². The first kappa shape index (κ1) is 27.1. The van der Waals surface area contributed by atoms with Crippen LogP contribution in [0, 0.1) is 42.2 Å². The van der Waals surface area contributed by atoms with Crippen LogP contribution in [0.4, 0.5) is 14.5 Å². The highest BCUT2D eigenvalue weighted by atomic mass is 19.1. The molecule has 0 bridgehead atoms. The monoisotopic (exact) mass is 539 g/mol. The van der Waals surface area contributed by atoms with Gasteiger partial charge in [-0.3, -0.25) is 9.69 Å². The van der Waals surface area contributed by atoms with Crippen molar-refractivity contribution < 1.29 is 18.3 Å². The van der Waals surface area contributed by atoms with E-state index in [0.29, 0.717) is 29.9 Å². The standard InChI is InChI=1S/C33H31F2N3O2/c1-19-13-21(18-40-23-11-9-22(34)10-12-23)20(2)24(14-19)30-25(17-36)32(37)38(27-8-6-5-7-26(27)35)28-15-33(3,4)16-29(39)31(28)30/h5-14,30H,15-16,18,37H2,1-4H3. The summed E-state index contributed by atoms with van der Waals surface area (Å²) in [6, 6.07) is 18.3. The molecule has 0 amide bonds. The van der Waals surface area contributed by atoms with Gasteiger partial charge in [0.1, 0.15) is 29.8 Å². The van der Waals surface area contributed by atoms with Crippen molar-refractivity contribution in [2.24, 2.45) is 11.1 Å². The minimum absolute atomic E-state index is 0.0807. The maximum Gasteiger partial charge on any atom is 0.162 e. The summed E-state index contributed by atoms with van der Waals surface area (Å²) < 4.78 is 34.4. The van der Waals surface area contributed by atoms with Gasteiger partial charge in [0.25, 0.3) is 0 Å². The highest BCUT2D eigenvalue weighted by molar-refractivity contribution is 6.01. The molecule has 7 heteroatoms. The first-order chi connectivity index (χ1) is 19.0. The van der Waals surface area contributed by atoms with Gasteiger partial charge in [0, 0.05) is 17.7 Å². The van der Waals surface area contributed by atoms with Crippen molar-refractivity contribution >= 4 is 11.5 Å². The van der Waals surface area contributed by atoms with Crippen LogP contribution >= 0.6 is 0 Å². The number of nitrogens with zero attached hydrogens (tertiary/aromatic N) is 2. The molecule has 3 aromatic carbocycles. The van der Waals surface area contributed by atoms with Gasteiger partial charge in [-0.15, -0.1) is 0 Å². The lowest BCUT2D eigenvalue weighted by atomic mass is 9.68. The quantitative estimate of drug-likeness (QED) is 0.374. The van der Waals surface area contributed by atoms with Crippen LogP contribution in [0.3, 0.4) is 0 Å². The van der Waals surface area contributed by atoms with E-state index in [-0.39, 0.29) is 40.7 Å². The van der Waals surface area contributed by atoms with Gasteiger partial charge in [-0.25, -0.2) is 8.78 Å². The number of ketones is 1. The molecular formula is C33H31F2N3O2. The fourth-order valence-corrected chi connectivity index (χ4v) is 5.83. The molecule has 3 aromatic rings. The molecule has 1 unspecified atom stereocenters. The lowest BCUT2D eigenvalue weighted by Crippen LogP contribution is -2.42. The van der Waals surface area contributed by atoms with E-state index in [1.165, 1.54) is 18.2 Å². The first-order valence-electron chi connectivity index (χ1n) is 13.2. The molecule has 40 heavy (non-hydrogen) atoms. The van der Waals surface area contributed by atoms with Gasteiger partial charge >= 0.3 is 0 Å². The Morgan fingerprint density at radius 3 is 2.45 bits per heavy atom. The van der Waals surface area contributed by atoms with Gasteiger partial charge in [0.2, 0.25) is 0 Å². The second-order valence-electron chi connectivity index (χ2n) is 11.3. The van der Waals surface area contributed by atoms with Gasteiger partial charge < -0.3 is 10.5 Å². The molecule has 1 heterocycles. The van der Waals surface area contributed by atoms with E-state index in [1.54, 1.807) is 35.2 Å². The molecule has 2 aliphatic rings. The molecule has 1 aliphatic heterocycles. The maximum absolute atomic E-state index is 15.1. The predicted molar refractivity (Wildman–Crippen MR) is 150 cm³/mol. The normalized spacial score (nSPS) is 18.5. The summed E-state index contributed by atoms with van der Waals surface area (Å²) in [5.74, 6) is -0.971. The van der Waals surface area contributed by atoms with E-state index in [1.807, 2.05) is 39.8 Å². The van der Waals surface area contributed by atoms with Gasteiger partial charge in [-0.1, -0.05) is 43.7 Å². The second kappa shape index (κ2) is 10.3. The summed E-state index contributed by atoms with van der Waals surface area (Å²) in [5.41, 5.74) is 11.3. The number of halogens is 2. The minimum Gasteiger partial charge on any atom is -0.489 e. The van der Waals surface area contributed by atoms with Crippen LogP contribution in [-0.2, 0) is 11.4 Å². The molecule has 1 atom stereocenters. The Morgan fingerprint density at radius 2 is 1.77 bits per heavy atom. The minimum atomic E-state index is -0.698. The average Bonchev–Trinajstić information content (AvgIpc) is 2.89. The summed E-state index contributed by atoms with van der Waals surface area (Å²) in [5, 5.41) is 10.4. The van der Waals surface area contributed by atoms with E-state index in [4.69, 9.17) is 10.5 Å². The number of rotatable bonds is 5. The van der Waals surface area contributed by atoms with Crippen LogP contribution in [0.1, 0.15) is 54.9 Å². The molecule has 0 saturated heterocycles. The average molecular weight is 540 g/mol. The summed E-state index contributed by atoms with van der Waals surface area (Å²) in [4.78, 5) is 15.4. The first-order valence-corrected chi connectivity index (χ1v) is 13.2. The SMILES string of the molecule is Cc1cc(COc2ccc(F)cc2)c(C)c(C2C(C#N)=C(N)N(c3ccccc3F)C3=C2C(=O)CC(C)(C)C3)c1. The molecule has 0 fully saturated rings. The number of anilines is 1. The van der Waals surface area contributed by atoms with E-state index in [9.17, 15) is 14.4 Å². The number of allylic oxidation sites excluding steroid dienone is 3. The molecule has 0 spiro atoms. The van der Waals surface area contributed by atoms with Crippen LogP contribution in [-0.4, -0.2) is 5.78 Å². The van der Waals surface area contributed by atoms with Crippen LogP contribution in [0.5, 0.6) is 5.75 Å². The number of Topliss-reactive ketones (excluding diaryl/α,β-unsaturated/α-hetero) is 1. The molecular weight excluding hydrogens is 508 g/mol. The lowest BCUT2D eigenvalue weighted by molar-refractivity contribution is -0.118. The Morgan fingerprint density at radius 1 is 1.07 bits per heavy atom. The fraction of sp³-hybridized carbons (Fsp3) is 0.273. The number of carbonyl (C=O) groups excluding carboxylic acids is 1. The number of nitriles is 1. The lowest BCUT2D eigenvalue weighted by Gasteiger charge is -2.44. The zero-order chi connectivity index (χ0) is 28.8. The van der Waals surface area contributed by atoms with E-state index < -0.39 is 11.7 Å². The molecule has 0 saturated carbocycles. The number of para-hydroxylation sites is 1. The summed E-state index contributed by atoms with van der Waals surface area (Å²) in [6.45, 7) is 8.11. The molecule has 5 nitrogen and oxygen atoms in total. The molecule has 0 aromatic heterocycles. The number of nitrogens with two attached hydrogens (primary N) is 1. The van der Waals surface area contributed by atoms with Crippen molar-refractivity contribution in [2.75, 3.05) is 4.90 Å². The van der Waals surface area contributed by atoms with Crippen LogP contribution in [0.2, 0.25) is 0 Å². The zero-order valence-corrected chi connectivity index (χ0v) is 23.0. The maximum atomic E-state index is 15.1. The Bertz CT molecular complexity index is 1610. The van der Waals surface area contributed by atoms with E-state index in [0.717, 1.165) is 22.3 Å².